The topological polar surface area (TPSA) is 58.9 Å². The van der Waals surface area contributed by atoms with Gasteiger partial charge in [0.1, 0.15) is 4.47 Å². The molecule has 0 atom stereocenters. The monoisotopic (exact) mass is 190 g/mol. The van der Waals surface area contributed by atoms with E-state index in [-0.39, 0.29) is 5.69 Å². The average Bonchev–Trinajstić information content (AvgIpc) is 2.13. The third-order valence-electron chi connectivity index (χ3n) is 0.872. The molecule has 0 saturated heterocycles. The molecule has 0 bridgehead atoms. The molecule has 0 aliphatic carbocycles. The molecule has 5 heteroatoms. The van der Waals surface area contributed by atoms with Crippen molar-refractivity contribution in [2.45, 2.75) is 0 Å². The van der Waals surface area contributed by atoms with Gasteiger partial charge in [0.2, 0.25) is 0 Å². The fourth-order valence-corrected chi connectivity index (χ4v) is 0.868. The summed E-state index contributed by atoms with van der Waals surface area (Å²) < 4.78 is 0.479. The van der Waals surface area contributed by atoms with Gasteiger partial charge < -0.3 is 4.98 Å². The largest absolute Gasteiger partial charge is 0.361 e. The van der Waals surface area contributed by atoms with E-state index >= 15 is 0 Å². The predicted molar refractivity (Wildman–Crippen MR) is 35.1 cm³/mol. The highest BCUT2D eigenvalue weighted by Gasteiger charge is 2.10. The molecule has 0 radical (unpaired) electrons. The molecule has 1 aromatic heterocycles. The SMILES string of the molecule is O=[N+]([O-])c1c[nH]cc1Br. The fraction of sp³-hybridized carbons (Fsp3) is 0. The first kappa shape index (κ1) is 6.28. The zero-order valence-corrected chi connectivity index (χ0v) is 5.88. The number of nitro groups is 1. The van der Waals surface area contributed by atoms with Crippen LogP contribution >= 0.6 is 15.9 Å². The molecule has 1 aromatic rings. The maximum absolute atomic E-state index is 10.0. The second-order valence-corrected chi connectivity index (χ2v) is 2.30. The van der Waals surface area contributed by atoms with Crippen molar-refractivity contribution >= 4 is 21.6 Å². The summed E-state index contributed by atoms with van der Waals surface area (Å²) in [6, 6.07) is 0. The Hall–Kier alpha value is -0.840. The number of aromatic amines is 1. The van der Waals surface area contributed by atoms with Crippen LogP contribution in [0.1, 0.15) is 0 Å². The van der Waals surface area contributed by atoms with Crippen LogP contribution in [-0.4, -0.2) is 9.91 Å². The lowest BCUT2D eigenvalue weighted by atomic mass is 10.6. The van der Waals surface area contributed by atoms with Crippen LogP contribution in [0.3, 0.4) is 0 Å². The number of halogens is 1. The predicted octanol–water partition coefficient (Wildman–Crippen LogP) is 1.69. The highest BCUT2D eigenvalue weighted by atomic mass is 79.9. The summed E-state index contributed by atoms with van der Waals surface area (Å²) >= 11 is 2.99. The molecule has 0 aliphatic heterocycles. The van der Waals surface area contributed by atoms with Crippen LogP contribution in [0.25, 0.3) is 0 Å². The zero-order valence-electron chi connectivity index (χ0n) is 4.30. The Balaban J connectivity index is 3.08. The molecule has 1 rings (SSSR count). The van der Waals surface area contributed by atoms with Crippen LogP contribution in [0.5, 0.6) is 0 Å². The van der Waals surface area contributed by atoms with Crippen molar-refractivity contribution in [3.8, 4) is 0 Å². The minimum absolute atomic E-state index is 0.0648. The number of rotatable bonds is 1. The van der Waals surface area contributed by atoms with Crippen molar-refractivity contribution < 1.29 is 4.92 Å². The van der Waals surface area contributed by atoms with Crippen molar-refractivity contribution in [2.75, 3.05) is 0 Å². The molecule has 48 valence electrons. The zero-order chi connectivity index (χ0) is 6.85. The molecule has 0 saturated carbocycles. The number of nitrogens with zero attached hydrogens (tertiary/aromatic N) is 1. The van der Waals surface area contributed by atoms with Crippen LogP contribution < -0.4 is 0 Å². The first-order valence-electron chi connectivity index (χ1n) is 2.18. The second-order valence-electron chi connectivity index (χ2n) is 1.45. The summed E-state index contributed by atoms with van der Waals surface area (Å²) in [4.78, 5) is 12.2. The van der Waals surface area contributed by atoms with E-state index < -0.39 is 4.92 Å². The summed E-state index contributed by atoms with van der Waals surface area (Å²) in [5.41, 5.74) is 0.0648. The normalized spacial score (nSPS) is 9.44. The quantitative estimate of drug-likeness (QED) is 0.542. The Morgan fingerprint density at radius 2 is 2.33 bits per heavy atom. The first-order chi connectivity index (χ1) is 4.22. The number of H-pyrrole nitrogens is 1. The molecular weight excluding hydrogens is 188 g/mol. The third-order valence-corrected chi connectivity index (χ3v) is 1.51. The molecule has 0 spiro atoms. The summed E-state index contributed by atoms with van der Waals surface area (Å²) in [6.07, 6.45) is 2.84. The maximum atomic E-state index is 10.0. The first-order valence-corrected chi connectivity index (χ1v) is 2.98. The summed E-state index contributed by atoms with van der Waals surface area (Å²) in [5.74, 6) is 0. The summed E-state index contributed by atoms with van der Waals surface area (Å²) in [7, 11) is 0. The van der Waals surface area contributed by atoms with Crippen LogP contribution in [0.4, 0.5) is 5.69 Å². The van der Waals surface area contributed by atoms with E-state index in [1.807, 2.05) is 0 Å². The number of nitrogens with one attached hydrogen (secondary N) is 1. The molecule has 0 amide bonds. The van der Waals surface area contributed by atoms with Gasteiger partial charge in [-0.15, -0.1) is 0 Å². The van der Waals surface area contributed by atoms with E-state index in [0.29, 0.717) is 4.47 Å². The van der Waals surface area contributed by atoms with Gasteiger partial charge in [-0.05, 0) is 15.9 Å². The lowest BCUT2D eigenvalue weighted by Crippen LogP contribution is -1.84. The standard InChI is InChI=1S/C4H3BrN2O2/c5-3-1-6-2-4(3)7(8)9/h1-2,6H. The van der Waals surface area contributed by atoms with Crippen molar-refractivity contribution in [2.24, 2.45) is 0 Å². The van der Waals surface area contributed by atoms with Gasteiger partial charge in [0, 0.05) is 6.20 Å². The van der Waals surface area contributed by atoms with Crippen LogP contribution in [-0.2, 0) is 0 Å². The van der Waals surface area contributed by atoms with E-state index in [0.717, 1.165) is 0 Å². The average molecular weight is 191 g/mol. The lowest BCUT2D eigenvalue weighted by molar-refractivity contribution is -0.385. The summed E-state index contributed by atoms with van der Waals surface area (Å²) in [5, 5.41) is 10.0. The Morgan fingerprint density at radius 1 is 1.67 bits per heavy atom. The van der Waals surface area contributed by atoms with Crippen LogP contribution in [0.15, 0.2) is 16.9 Å². The molecule has 0 aliphatic rings. The van der Waals surface area contributed by atoms with Crippen molar-refractivity contribution in [1.29, 1.82) is 0 Å². The fourth-order valence-electron chi connectivity index (χ4n) is 0.477. The minimum atomic E-state index is -0.458. The molecular formula is C4H3BrN2O2. The van der Waals surface area contributed by atoms with Gasteiger partial charge in [-0.25, -0.2) is 0 Å². The molecule has 9 heavy (non-hydrogen) atoms. The van der Waals surface area contributed by atoms with Crippen LogP contribution in [0, 0.1) is 10.1 Å². The molecule has 0 fully saturated rings. The van der Waals surface area contributed by atoms with E-state index in [4.69, 9.17) is 0 Å². The van der Waals surface area contributed by atoms with Gasteiger partial charge in [0.25, 0.3) is 0 Å². The lowest BCUT2D eigenvalue weighted by Gasteiger charge is -1.81. The van der Waals surface area contributed by atoms with Gasteiger partial charge >= 0.3 is 5.69 Å². The van der Waals surface area contributed by atoms with Crippen molar-refractivity contribution in [1.82, 2.24) is 4.98 Å². The van der Waals surface area contributed by atoms with E-state index in [2.05, 4.69) is 20.9 Å². The van der Waals surface area contributed by atoms with Crippen molar-refractivity contribution in [3.63, 3.8) is 0 Å². The molecule has 4 nitrogen and oxygen atoms in total. The Bertz CT molecular complexity index is 232. The highest BCUT2D eigenvalue weighted by Crippen LogP contribution is 2.22. The van der Waals surface area contributed by atoms with E-state index in [1.54, 1.807) is 0 Å². The minimum Gasteiger partial charge on any atom is -0.361 e. The number of hydrogen-bond donors (Lipinski definition) is 1. The third kappa shape index (κ3) is 1.10. The van der Waals surface area contributed by atoms with E-state index in [9.17, 15) is 10.1 Å². The van der Waals surface area contributed by atoms with E-state index in [1.165, 1.54) is 12.4 Å². The van der Waals surface area contributed by atoms with Gasteiger partial charge in [0.15, 0.2) is 0 Å². The Kier molecular flexibility index (Phi) is 1.52. The smallest absolute Gasteiger partial charge is 0.300 e. The van der Waals surface area contributed by atoms with Gasteiger partial charge in [-0.2, -0.15) is 0 Å². The van der Waals surface area contributed by atoms with Crippen molar-refractivity contribution in [3.05, 3.63) is 27.0 Å². The van der Waals surface area contributed by atoms with Gasteiger partial charge in [-0.1, -0.05) is 0 Å². The number of hydrogen-bond acceptors (Lipinski definition) is 2. The highest BCUT2D eigenvalue weighted by molar-refractivity contribution is 9.10. The molecule has 0 unspecified atom stereocenters. The molecule has 1 heterocycles. The summed E-state index contributed by atoms with van der Waals surface area (Å²) in [6.45, 7) is 0. The Morgan fingerprint density at radius 3 is 2.56 bits per heavy atom. The molecule has 1 N–H and O–H groups in total. The van der Waals surface area contributed by atoms with Crippen LogP contribution in [0.2, 0.25) is 0 Å². The Labute approximate surface area is 59.2 Å². The van der Waals surface area contributed by atoms with Gasteiger partial charge in [-0.3, -0.25) is 10.1 Å². The van der Waals surface area contributed by atoms with Gasteiger partial charge in [0.05, 0.1) is 11.1 Å². The second kappa shape index (κ2) is 2.18. The number of aromatic nitrogens is 1. The molecule has 0 aromatic carbocycles. The maximum Gasteiger partial charge on any atom is 0.300 e.